The third-order valence-electron chi connectivity index (χ3n) is 5.02. The molecule has 0 aromatic carbocycles. The fourth-order valence-electron chi connectivity index (χ4n) is 3.75. The van der Waals surface area contributed by atoms with E-state index >= 15 is 0 Å². The fourth-order valence-corrected chi connectivity index (χ4v) is 3.75. The normalized spacial score (nSPS) is 23.2. The Kier molecular flexibility index (Phi) is 5.04. The average molecular weight is 331 g/mol. The van der Waals surface area contributed by atoms with Gasteiger partial charge in [-0.15, -0.1) is 0 Å². The van der Waals surface area contributed by atoms with Crippen molar-refractivity contribution in [3.05, 3.63) is 29.7 Å². The highest BCUT2D eigenvalue weighted by atomic mass is 16.3. The number of amides is 2. The Morgan fingerprint density at radius 2 is 1.96 bits per heavy atom. The molecule has 24 heavy (non-hydrogen) atoms. The molecule has 2 aliphatic heterocycles. The Hall–Kier alpha value is -2.08. The number of hydrogen-bond donors (Lipinski definition) is 1. The Morgan fingerprint density at radius 1 is 1.21 bits per heavy atom. The van der Waals surface area contributed by atoms with Crippen molar-refractivity contribution in [2.45, 2.75) is 44.7 Å². The first kappa shape index (κ1) is 16.8. The van der Waals surface area contributed by atoms with Gasteiger partial charge in [0.15, 0.2) is 0 Å². The zero-order valence-corrected chi connectivity index (χ0v) is 14.1. The number of piperidine rings is 1. The van der Waals surface area contributed by atoms with Crippen molar-refractivity contribution in [2.75, 3.05) is 19.6 Å². The van der Waals surface area contributed by atoms with Gasteiger partial charge >= 0.3 is 0 Å². The van der Waals surface area contributed by atoms with Gasteiger partial charge in [0.25, 0.3) is 0 Å². The van der Waals surface area contributed by atoms with Crippen molar-refractivity contribution in [3.8, 4) is 0 Å². The van der Waals surface area contributed by atoms with Gasteiger partial charge in [-0.3, -0.25) is 14.5 Å². The summed E-state index contributed by atoms with van der Waals surface area (Å²) >= 11 is 0. The largest absolute Gasteiger partial charge is 0.462 e. The lowest BCUT2D eigenvalue weighted by Gasteiger charge is -2.38. The number of nitrogens with zero attached hydrogens (tertiary/aromatic N) is 2. The molecular formula is C18H25N3O3. The van der Waals surface area contributed by atoms with Crippen LogP contribution < -0.4 is 5.73 Å². The number of carbonyl (C=O) groups excluding carboxylic acids is 2. The Morgan fingerprint density at radius 3 is 2.58 bits per heavy atom. The Labute approximate surface area is 142 Å². The molecule has 6 heteroatoms. The van der Waals surface area contributed by atoms with Crippen LogP contribution in [0.25, 0.3) is 6.08 Å². The number of rotatable bonds is 4. The van der Waals surface area contributed by atoms with Gasteiger partial charge in [0.1, 0.15) is 11.5 Å². The molecule has 3 rings (SSSR count). The monoisotopic (exact) mass is 331 g/mol. The SMILES string of the molecule is Cc1ccc(/C=C/C(=O)N2CCC(N3CCC[C@H]3C(N)=O)CC2)o1. The number of primary amides is 1. The first-order valence-corrected chi connectivity index (χ1v) is 8.63. The Balaban J connectivity index is 1.52. The number of aryl methyl sites for hydroxylation is 1. The molecule has 2 aliphatic rings. The maximum absolute atomic E-state index is 12.3. The second-order valence-corrected chi connectivity index (χ2v) is 6.64. The Bertz CT molecular complexity index is 629. The summed E-state index contributed by atoms with van der Waals surface area (Å²) in [5, 5.41) is 0. The van der Waals surface area contributed by atoms with Crippen LogP contribution in [-0.2, 0) is 9.59 Å². The van der Waals surface area contributed by atoms with E-state index in [1.54, 1.807) is 12.2 Å². The molecule has 130 valence electrons. The summed E-state index contributed by atoms with van der Waals surface area (Å²) in [7, 11) is 0. The topological polar surface area (TPSA) is 79.8 Å². The predicted molar refractivity (Wildman–Crippen MR) is 91.0 cm³/mol. The van der Waals surface area contributed by atoms with Gasteiger partial charge < -0.3 is 15.1 Å². The highest BCUT2D eigenvalue weighted by Crippen LogP contribution is 2.26. The fraction of sp³-hybridized carbons (Fsp3) is 0.556. The lowest BCUT2D eigenvalue weighted by Crippen LogP contribution is -2.51. The zero-order chi connectivity index (χ0) is 17.1. The van der Waals surface area contributed by atoms with Crippen LogP contribution >= 0.6 is 0 Å². The molecule has 0 saturated carbocycles. The van der Waals surface area contributed by atoms with Crippen LogP contribution in [0.1, 0.15) is 37.2 Å². The van der Waals surface area contributed by atoms with Crippen molar-refractivity contribution >= 4 is 17.9 Å². The third kappa shape index (κ3) is 3.70. The molecule has 2 saturated heterocycles. The molecule has 2 N–H and O–H groups in total. The molecule has 2 amide bonds. The highest BCUT2D eigenvalue weighted by molar-refractivity contribution is 5.91. The minimum absolute atomic E-state index is 0.00961. The van der Waals surface area contributed by atoms with Gasteiger partial charge in [-0.05, 0) is 57.4 Å². The summed E-state index contributed by atoms with van der Waals surface area (Å²) in [6.07, 6.45) is 6.95. The predicted octanol–water partition coefficient (Wildman–Crippen LogP) is 1.54. The summed E-state index contributed by atoms with van der Waals surface area (Å²) in [5.74, 6) is 1.31. The van der Waals surface area contributed by atoms with Crippen LogP contribution in [0, 0.1) is 6.92 Å². The van der Waals surface area contributed by atoms with Crippen molar-refractivity contribution in [3.63, 3.8) is 0 Å². The molecule has 1 atom stereocenters. The van der Waals surface area contributed by atoms with Gasteiger partial charge in [-0.25, -0.2) is 0 Å². The minimum Gasteiger partial charge on any atom is -0.462 e. The van der Waals surface area contributed by atoms with Gasteiger partial charge in [-0.2, -0.15) is 0 Å². The van der Waals surface area contributed by atoms with Crippen molar-refractivity contribution in [2.24, 2.45) is 5.73 Å². The van der Waals surface area contributed by atoms with Crippen LogP contribution in [-0.4, -0.2) is 53.3 Å². The molecule has 6 nitrogen and oxygen atoms in total. The molecule has 0 radical (unpaired) electrons. The van der Waals surface area contributed by atoms with Gasteiger partial charge in [0.2, 0.25) is 11.8 Å². The lowest BCUT2D eigenvalue weighted by atomic mass is 10.0. The molecule has 0 unspecified atom stereocenters. The maximum Gasteiger partial charge on any atom is 0.246 e. The summed E-state index contributed by atoms with van der Waals surface area (Å²) in [4.78, 5) is 27.9. The molecule has 0 spiro atoms. The smallest absolute Gasteiger partial charge is 0.246 e. The molecule has 0 bridgehead atoms. The van der Waals surface area contributed by atoms with Crippen molar-refractivity contribution < 1.29 is 14.0 Å². The summed E-state index contributed by atoms with van der Waals surface area (Å²) in [6, 6.07) is 3.95. The molecule has 0 aliphatic carbocycles. The molecule has 1 aromatic rings. The molecule has 2 fully saturated rings. The minimum atomic E-state index is -0.220. The van der Waals surface area contributed by atoms with Crippen LogP contribution in [0.3, 0.4) is 0 Å². The second-order valence-electron chi connectivity index (χ2n) is 6.64. The molecule has 1 aromatic heterocycles. The van der Waals surface area contributed by atoms with E-state index in [0.717, 1.165) is 38.0 Å². The summed E-state index contributed by atoms with van der Waals surface area (Å²) in [5.41, 5.74) is 5.50. The molecule has 3 heterocycles. The van der Waals surface area contributed by atoms with E-state index in [0.29, 0.717) is 24.9 Å². The van der Waals surface area contributed by atoms with Crippen molar-refractivity contribution in [1.82, 2.24) is 9.80 Å². The average Bonchev–Trinajstić information content (AvgIpc) is 3.21. The highest BCUT2D eigenvalue weighted by Gasteiger charge is 2.36. The van der Waals surface area contributed by atoms with E-state index in [1.165, 1.54) is 0 Å². The van der Waals surface area contributed by atoms with Gasteiger partial charge in [0.05, 0.1) is 6.04 Å². The van der Waals surface area contributed by atoms with E-state index in [2.05, 4.69) is 4.90 Å². The van der Waals surface area contributed by atoms with E-state index in [-0.39, 0.29) is 17.9 Å². The van der Waals surface area contributed by atoms with Crippen LogP contribution in [0.15, 0.2) is 22.6 Å². The number of carbonyl (C=O) groups is 2. The quantitative estimate of drug-likeness (QED) is 0.849. The van der Waals surface area contributed by atoms with E-state index < -0.39 is 0 Å². The number of nitrogens with two attached hydrogens (primary N) is 1. The summed E-state index contributed by atoms with van der Waals surface area (Å²) < 4.78 is 5.43. The second kappa shape index (κ2) is 7.21. The van der Waals surface area contributed by atoms with E-state index in [9.17, 15) is 9.59 Å². The number of likely N-dealkylation sites (tertiary alicyclic amines) is 2. The van der Waals surface area contributed by atoms with Crippen LogP contribution in [0.2, 0.25) is 0 Å². The number of furan rings is 1. The summed E-state index contributed by atoms with van der Waals surface area (Å²) in [6.45, 7) is 4.24. The first-order valence-electron chi connectivity index (χ1n) is 8.63. The first-order chi connectivity index (χ1) is 11.5. The maximum atomic E-state index is 12.3. The van der Waals surface area contributed by atoms with Gasteiger partial charge in [-0.1, -0.05) is 0 Å². The third-order valence-corrected chi connectivity index (χ3v) is 5.02. The van der Waals surface area contributed by atoms with Crippen LogP contribution in [0.4, 0.5) is 0 Å². The zero-order valence-electron chi connectivity index (χ0n) is 14.1. The van der Waals surface area contributed by atoms with Crippen LogP contribution in [0.5, 0.6) is 0 Å². The van der Waals surface area contributed by atoms with Crippen molar-refractivity contribution in [1.29, 1.82) is 0 Å². The standard InChI is InChI=1S/C18H25N3O3/c1-13-4-5-15(24-13)6-7-17(22)20-11-8-14(9-12-20)21-10-2-3-16(21)18(19)23/h4-7,14,16H,2-3,8-12H2,1H3,(H2,19,23)/b7-6+/t16-/m0/s1. The number of hydrogen-bond acceptors (Lipinski definition) is 4. The molecular weight excluding hydrogens is 306 g/mol. The van der Waals surface area contributed by atoms with Gasteiger partial charge in [0, 0.05) is 25.2 Å². The van der Waals surface area contributed by atoms with E-state index in [4.69, 9.17) is 10.2 Å². The van der Waals surface area contributed by atoms with E-state index in [1.807, 2.05) is 24.0 Å². The lowest BCUT2D eigenvalue weighted by molar-refractivity contribution is -0.129.